The number of hydrogen-bond acceptors (Lipinski definition) is 7. The number of alkyl halides is 3. The molecule has 0 radical (unpaired) electrons. The summed E-state index contributed by atoms with van der Waals surface area (Å²) in [5.74, 6) is -0.363. The lowest BCUT2D eigenvalue weighted by molar-refractivity contribution is -0.274. The summed E-state index contributed by atoms with van der Waals surface area (Å²) in [5, 5.41) is 3.81. The van der Waals surface area contributed by atoms with Gasteiger partial charge in [0, 0.05) is 12.3 Å². The van der Waals surface area contributed by atoms with E-state index in [0.717, 1.165) is 0 Å². The summed E-state index contributed by atoms with van der Waals surface area (Å²) in [6, 6.07) is 8.21. The zero-order valence-corrected chi connectivity index (χ0v) is 13.9. The van der Waals surface area contributed by atoms with E-state index in [1.807, 2.05) is 0 Å². The Morgan fingerprint density at radius 3 is 2.59 bits per heavy atom. The molecule has 0 N–H and O–H groups in total. The van der Waals surface area contributed by atoms with Crippen molar-refractivity contribution in [3.8, 4) is 11.5 Å². The number of oxime groups is 1. The third-order valence-corrected chi connectivity index (χ3v) is 3.49. The number of hydrogen-bond donors (Lipinski definition) is 0. The second-order valence-corrected chi connectivity index (χ2v) is 5.37. The molecule has 0 saturated carbocycles. The lowest BCUT2D eigenvalue weighted by atomic mass is 10.1. The van der Waals surface area contributed by atoms with Crippen molar-refractivity contribution >= 4 is 11.9 Å². The quantitative estimate of drug-likeness (QED) is 0.752. The number of ether oxygens (including phenoxy) is 3. The zero-order valence-electron chi connectivity index (χ0n) is 13.9. The van der Waals surface area contributed by atoms with E-state index < -0.39 is 18.4 Å². The Hall–Kier alpha value is -3.30. The number of methoxy groups -OCH3 is 1. The third kappa shape index (κ3) is 4.87. The van der Waals surface area contributed by atoms with Crippen molar-refractivity contribution in [1.29, 1.82) is 0 Å². The highest BCUT2D eigenvalue weighted by Crippen LogP contribution is 2.30. The predicted molar refractivity (Wildman–Crippen MR) is 85.2 cm³/mol. The van der Waals surface area contributed by atoms with Gasteiger partial charge in [0.15, 0.2) is 11.8 Å². The Morgan fingerprint density at radius 1 is 1.19 bits per heavy atom. The Kier molecular flexibility index (Phi) is 5.15. The van der Waals surface area contributed by atoms with Crippen LogP contribution in [0, 0.1) is 0 Å². The predicted octanol–water partition coefficient (Wildman–Crippen LogP) is 3.62. The monoisotopic (exact) mass is 382 g/mol. The average Bonchev–Trinajstić information content (AvgIpc) is 3.09. The molecule has 0 bridgehead atoms. The number of halogens is 3. The maximum absolute atomic E-state index is 12.2. The Morgan fingerprint density at radius 2 is 1.93 bits per heavy atom. The minimum absolute atomic E-state index is 0.0753. The highest BCUT2D eigenvalue weighted by atomic mass is 19.4. The van der Waals surface area contributed by atoms with Crippen molar-refractivity contribution < 1.29 is 37.0 Å². The number of nitrogens with zero attached hydrogens (tertiary/aromatic N) is 2. The Labute approximate surface area is 151 Å². The molecule has 1 aliphatic rings. The molecular weight excluding hydrogens is 369 g/mol. The van der Waals surface area contributed by atoms with E-state index in [4.69, 9.17) is 9.57 Å². The van der Waals surface area contributed by atoms with Crippen LogP contribution in [0.15, 0.2) is 47.8 Å². The number of pyridine rings is 1. The fourth-order valence-corrected chi connectivity index (χ4v) is 2.31. The molecule has 0 amide bonds. The molecule has 1 aromatic heterocycles. The van der Waals surface area contributed by atoms with Crippen LogP contribution in [0.25, 0.3) is 0 Å². The van der Waals surface area contributed by atoms with Gasteiger partial charge in [-0.05, 0) is 23.8 Å². The van der Waals surface area contributed by atoms with Gasteiger partial charge in [0.1, 0.15) is 11.5 Å². The number of esters is 1. The van der Waals surface area contributed by atoms with E-state index in [9.17, 15) is 18.0 Å². The molecule has 1 aromatic carbocycles. The molecule has 7 nitrogen and oxygen atoms in total. The molecule has 142 valence electrons. The van der Waals surface area contributed by atoms with Gasteiger partial charge in [-0.1, -0.05) is 17.3 Å². The standard InChI is InChI=1S/C17H13F3N2O5/c1-24-16(23)13-8-12(6-7-21-13)25-15-9-14(27-22-15)10-2-4-11(5-3-10)26-17(18,19)20/h2-8,14H,9H2,1H3/t14-/m0/s1. The highest BCUT2D eigenvalue weighted by molar-refractivity contribution is 5.88. The van der Waals surface area contributed by atoms with E-state index in [1.54, 1.807) is 0 Å². The number of rotatable bonds is 4. The second-order valence-electron chi connectivity index (χ2n) is 5.37. The average molecular weight is 382 g/mol. The van der Waals surface area contributed by atoms with Gasteiger partial charge < -0.3 is 19.0 Å². The van der Waals surface area contributed by atoms with Crippen LogP contribution in [-0.4, -0.2) is 30.3 Å². The minimum Gasteiger partial charge on any atom is -0.464 e. The molecule has 1 aliphatic heterocycles. The zero-order chi connectivity index (χ0) is 19.4. The molecular formula is C17H13F3N2O5. The third-order valence-electron chi connectivity index (χ3n) is 3.49. The smallest absolute Gasteiger partial charge is 0.464 e. The van der Waals surface area contributed by atoms with Crippen molar-refractivity contribution in [3.05, 3.63) is 53.9 Å². The van der Waals surface area contributed by atoms with Crippen LogP contribution in [-0.2, 0) is 9.57 Å². The van der Waals surface area contributed by atoms with E-state index in [1.165, 1.54) is 49.7 Å². The maximum atomic E-state index is 12.2. The fraction of sp³-hybridized carbons (Fsp3) is 0.235. The van der Waals surface area contributed by atoms with Gasteiger partial charge in [-0.3, -0.25) is 0 Å². The summed E-state index contributed by atoms with van der Waals surface area (Å²) in [4.78, 5) is 20.6. The van der Waals surface area contributed by atoms with E-state index in [0.29, 0.717) is 11.3 Å². The largest absolute Gasteiger partial charge is 0.573 e. The van der Waals surface area contributed by atoms with E-state index >= 15 is 0 Å². The SMILES string of the molecule is COC(=O)c1cc(OC2=NO[C@H](c3ccc(OC(F)(F)F)cc3)C2)ccn1. The van der Waals surface area contributed by atoms with E-state index in [2.05, 4.69) is 19.6 Å². The minimum atomic E-state index is -4.75. The molecule has 0 spiro atoms. The highest BCUT2D eigenvalue weighted by Gasteiger charge is 2.31. The van der Waals surface area contributed by atoms with Crippen molar-refractivity contribution in [2.45, 2.75) is 18.9 Å². The van der Waals surface area contributed by atoms with Crippen molar-refractivity contribution in [2.24, 2.45) is 5.16 Å². The van der Waals surface area contributed by atoms with Gasteiger partial charge in [-0.25, -0.2) is 9.78 Å². The number of carbonyl (C=O) groups excluding carboxylic acids is 1. The summed E-state index contributed by atoms with van der Waals surface area (Å²) in [6.45, 7) is 0. The van der Waals surface area contributed by atoms with Crippen molar-refractivity contribution in [1.82, 2.24) is 4.98 Å². The summed E-state index contributed by atoms with van der Waals surface area (Å²) in [6.07, 6.45) is -3.62. The van der Waals surface area contributed by atoms with Gasteiger partial charge in [0.25, 0.3) is 0 Å². The van der Waals surface area contributed by atoms with Gasteiger partial charge in [0.05, 0.1) is 13.5 Å². The van der Waals surface area contributed by atoms with Crippen LogP contribution in [0.4, 0.5) is 13.2 Å². The maximum Gasteiger partial charge on any atom is 0.573 e. The Balaban J connectivity index is 1.61. The number of aromatic nitrogens is 1. The topological polar surface area (TPSA) is 79.2 Å². The number of benzene rings is 1. The first-order chi connectivity index (χ1) is 12.8. The molecule has 27 heavy (non-hydrogen) atoms. The molecule has 0 aliphatic carbocycles. The second kappa shape index (κ2) is 7.52. The molecule has 0 saturated heterocycles. The van der Waals surface area contributed by atoms with Gasteiger partial charge in [-0.15, -0.1) is 13.2 Å². The number of carbonyl (C=O) groups is 1. The normalized spacial score (nSPS) is 16.3. The summed E-state index contributed by atoms with van der Waals surface area (Å²) >= 11 is 0. The van der Waals surface area contributed by atoms with Crippen LogP contribution >= 0.6 is 0 Å². The van der Waals surface area contributed by atoms with Crippen LogP contribution in [0.3, 0.4) is 0 Å². The van der Waals surface area contributed by atoms with Crippen LogP contribution in [0.2, 0.25) is 0 Å². The van der Waals surface area contributed by atoms with Crippen LogP contribution < -0.4 is 9.47 Å². The van der Waals surface area contributed by atoms with Crippen molar-refractivity contribution in [3.63, 3.8) is 0 Å². The molecule has 3 rings (SSSR count). The summed E-state index contributed by atoms with van der Waals surface area (Å²) in [5.41, 5.74) is 0.683. The first kappa shape index (κ1) is 18.5. The molecule has 1 atom stereocenters. The van der Waals surface area contributed by atoms with Crippen molar-refractivity contribution in [2.75, 3.05) is 7.11 Å². The summed E-state index contributed by atoms with van der Waals surface area (Å²) in [7, 11) is 1.24. The van der Waals surface area contributed by atoms with E-state index in [-0.39, 0.29) is 23.8 Å². The molecule has 0 fully saturated rings. The molecule has 2 aromatic rings. The fourth-order valence-electron chi connectivity index (χ4n) is 2.31. The molecule has 2 heterocycles. The van der Waals surface area contributed by atoms with Gasteiger partial charge in [-0.2, -0.15) is 0 Å². The lowest BCUT2D eigenvalue weighted by Crippen LogP contribution is -2.17. The first-order valence-corrected chi connectivity index (χ1v) is 7.64. The van der Waals surface area contributed by atoms with Gasteiger partial charge in [0.2, 0.25) is 5.90 Å². The van der Waals surface area contributed by atoms with Gasteiger partial charge >= 0.3 is 12.3 Å². The molecule has 0 unspecified atom stereocenters. The first-order valence-electron chi connectivity index (χ1n) is 7.64. The molecule has 10 heteroatoms. The van der Waals surface area contributed by atoms with Crippen LogP contribution in [0.1, 0.15) is 28.6 Å². The Bertz CT molecular complexity index is 852. The van der Waals surface area contributed by atoms with Crippen LogP contribution in [0.5, 0.6) is 11.5 Å². The summed E-state index contributed by atoms with van der Waals surface area (Å²) < 4.78 is 50.5. The lowest BCUT2D eigenvalue weighted by Gasteiger charge is -2.11.